The Morgan fingerprint density at radius 1 is 1.50 bits per heavy atom. The minimum absolute atomic E-state index is 0.331. The summed E-state index contributed by atoms with van der Waals surface area (Å²) in [5, 5.41) is 0.852. The van der Waals surface area contributed by atoms with E-state index in [0.717, 1.165) is 34.7 Å². The van der Waals surface area contributed by atoms with Gasteiger partial charge in [-0.3, -0.25) is 0 Å². The Labute approximate surface area is 132 Å². The van der Waals surface area contributed by atoms with Crippen molar-refractivity contribution in [1.29, 1.82) is 0 Å². The fourth-order valence-electron chi connectivity index (χ4n) is 2.60. The van der Waals surface area contributed by atoms with E-state index in [2.05, 4.69) is 9.88 Å². The second-order valence-electron chi connectivity index (χ2n) is 5.14. The maximum Gasteiger partial charge on any atom is 0.350 e. The van der Waals surface area contributed by atoms with E-state index in [1.165, 1.54) is 11.3 Å². The standard InChI is InChI=1S/C15H19N3O3S/c1-3-21-15(19)13-12(16)11-9(2)8-10(17-14(11)22-13)18-4-6-20-7-5-18/h8H,3-7,16H2,1-2H3. The first-order valence-corrected chi connectivity index (χ1v) is 8.13. The molecule has 1 aliphatic rings. The number of ether oxygens (including phenoxy) is 2. The maximum absolute atomic E-state index is 12.0. The van der Waals surface area contributed by atoms with E-state index < -0.39 is 0 Å². The van der Waals surface area contributed by atoms with Crippen molar-refractivity contribution in [3.05, 3.63) is 16.5 Å². The highest BCUT2D eigenvalue weighted by atomic mass is 32.1. The molecule has 0 bridgehead atoms. The van der Waals surface area contributed by atoms with Crippen molar-refractivity contribution in [2.75, 3.05) is 43.5 Å². The molecule has 3 heterocycles. The number of nitrogens with two attached hydrogens (primary N) is 1. The summed E-state index contributed by atoms with van der Waals surface area (Å²) in [5.41, 5.74) is 7.63. The highest BCUT2D eigenvalue weighted by molar-refractivity contribution is 7.21. The molecule has 118 valence electrons. The van der Waals surface area contributed by atoms with Crippen molar-refractivity contribution in [1.82, 2.24) is 4.98 Å². The summed E-state index contributed by atoms with van der Waals surface area (Å²) in [6.07, 6.45) is 0. The fourth-order valence-corrected chi connectivity index (χ4v) is 3.66. The van der Waals surface area contributed by atoms with Gasteiger partial charge in [0.05, 0.1) is 25.5 Å². The summed E-state index contributed by atoms with van der Waals surface area (Å²) in [6.45, 7) is 7.16. The largest absolute Gasteiger partial charge is 0.462 e. The molecule has 6 nitrogen and oxygen atoms in total. The lowest BCUT2D eigenvalue weighted by Gasteiger charge is -2.28. The van der Waals surface area contributed by atoms with Crippen molar-refractivity contribution < 1.29 is 14.3 Å². The molecule has 0 aliphatic carbocycles. The molecule has 1 fully saturated rings. The predicted octanol–water partition coefficient (Wildman–Crippen LogP) is 2.20. The number of esters is 1. The van der Waals surface area contributed by atoms with Crippen LogP contribution in [0.15, 0.2) is 6.07 Å². The van der Waals surface area contributed by atoms with Crippen LogP contribution in [0.1, 0.15) is 22.2 Å². The van der Waals surface area contributed by atoms with E-state index in [9.17, 15) is 4.79 Å². The van der Waals surface area contributed by atoms with Crippen LogP contribution in [-0.2, 0) is 9.47 Å². The number of aromatic nitrogens is 1. The van der Waals surface area contributed by atoms with Crippen molar-refractivity contribution >= 4 is 39.0 Å². The van der Waals surface area contributed by atoms with Gasteiger partial charge in [0.25, 0.3) is 0 Å². The van der Waals surface area contributed by atoms with Crippen LogP contribution in [0.25, 0.3) is 10.2 Å². The van der Waals surface area contributed by atoms with Crippen LogP contribution in [0.2, 0.25) is 0 Å². The lowest BCUT2D eigenvalue weighted by Crippen LogP contribution is -2.36. The zero-order valence-electron chi connectivity index (χ0n) is 12.7. The van der Waals surface area contributed by atoms with E-state index in [1.807, 2.05) is 13.0 Å². The summed E-state index contributed by atoms with van der Waals surface area (Å²) in [4.78, 5) is 20.1. The summed E-state index contributed by atoms with van der Waals surface area (Å²) in [5.74, 6) is 0.528. The molecular formula is C15H19N3O3S. The number of rotatable bonds is 3. The van der Waals surface area contributed by atoms with Gasteiger partial charge in [-0.1, -0.05) is 0 Å². The molecule has 1 saturated heterocycles. The summed E-state index contributed by atoms with van der Waals surface area (Å²) >= 11 is 1.30. The number of carbonyl (C=O) groups excluding carboxylic acids is 1. The van der Waals surface area contributed by atoms with Gasteiger partial charge in [-0.15, -0.1) is 11.3 Å². The molecule has 2 aromatic rings. The van der Waals surface area contributed by atoms with Gasteiger partial charge in [-0.05, 0) is 25.5 Å². The molecule has 3 rings (SSSR count). The van der Waals surface area contributed by atoms with Gasteiger partial charge in [0.15, 0.2) is 0 Å². The first kappa shape index (κ1) is 15.1. The molecule has 1 aliphatic heterocycles. The van der Waals surface area contributed by atoms with Crippen LogP contribution in [0, 0.1) is 6.92 Å². The van der Waals surface area contributed by atoms with E-state index in [0.29, 0.717) is 30.4 Å². The molecule has 0 unspecified atom stereocenters. The highest BCUT2D eigenvalue weighted by Crippen LogP contribution is 2.36. The number of hydrogen-bond donors (Lipinski definition) is 1. The lowest BCUT2D eigenvalue weighted by molar-refractivity contribution is 0.0533. The number of fused-ring (bicyclic) bond motifs is 1. The Kier molecular flexibility index (Phi) is 4.17. The lowest BCUT2D eigenvalue weighted by atomic mass is 10.1. The van der Waals surface area contributed by atoms with Gasteiger partial charge in [-0.25, -0.2) is 9.78 Å². The molecule has 0 atom stereocenters. The first-order valence-electron chi connectivity index (χ1n) is 7.31. The first-order chi connectivity index (χ1) is 10.6. The van der Waals surface area contributed by atoms with Crippen molar-refractivity contribution in [2.45, 2.75) is 13.8 Å². The average molecular weight is 321 g/mol. The van der Waals surface area contributed by atoms with Crippen molar-refractivity contribution in [2.24, 2.45) is 0 Å². The third-order valence-electron chi connectivity index (χ3n) is 3.68. The second kappa shape index (κ2) is 6.10. The van der Waals surface area contributed by atoms with Crippen molar-refractivity contribution in [3.63, 3.8) is 0 Å². The van der Waals surface area contributed by atoms with Crippen LogP contribution in [0.3, 0.4) is 0 Å². The summed E-state index contributed by atoms with van der Waals surface area (Å²) in [6, 6.07) is 2.02. The van der Waals surface area contributed by atoms with Gasteiger partial charge in [-0.2, -0.15) is 0 Å². The molecule has 0 amide bonds. The minimum atomic E-state index is -0.379. The van der Waals surface area contributed by atoms with Gasteiger partial charge in [0, 0.05) is 18.5 Å². The number of pyridine rings is 1. The van der Waals surface area contributed by atoms with E-state index in [-0.39, 0.29) is 5.97 Å². The van der Waals surface area contributed by atoms with Gasteiger partial charge in [0.1, 0.15) is 15.5 Å². The van der Waals surface area contributed by atoms with E-state index in [4.69, 9.17) is 15.2 Å². The minimum Gasteiger partial charge on any atom is -0.462 e. The Hall–Kier alpha value is -1.86. The Morgan fingerprint density at radius 3 is 2.91 bits per heavy atom. The quantitative estimate of drug-likeness (QED) is 0.873. The SMILES string of the molecule is CCOC(=O)c1sc2nc(N3CCOCC3)cc(C)c2c1N. The molecule has 0 saturated carbocycles. The molecule has 22 heavy (non-hydrogen) atoms. The zero-order valence-corrected chi connectivity index (χ0v) is 13.5. The molecule has 0 aromatic carbocycles. The topological polar surface area (TPSA) is 77.7 Å². The van der Waals surface area contributed by atoms with Gasteiger partial charge in [0.2, 0.25) is 0 Å². The molecule has 0 spiro atoms. The Balaban J connectivity index is 2.04. The van der Waals surface area contributed by atoms with E-state index >= 15 is 0 Å². The van der Waals surface area contributed by atoms with Crippen LogP contribution < -0.4 is 10.6 Å². The average Bonchev–Trinajstić information content (AvgIpc) is 2.86. The van der Waals surface area contributed by atoms with Crippen LogP contribution in [-0.4, -0.2) is 43.9 Å². The van der Waals surface area contributed by atoms with Gasteiger partial charge >= 0.3 is 5.97 Å². The highest BCUT2D eigenvalue weighted by Gasteiger charge is 2.21. The number of hydrogen-bond acceptors (Lipinski definition) is 7. The third kappa shape index (κ3) is 2.62. The number of carbonyl (C=O) groups is 1. The number of thiophene rings is 1. The maximum atomic E-state index is 12.0. The second-order valence-corrected chi connectivity index (χ2v) is 6.14. The molecular weight excluding hydrogens is 302 g/mol. The Morgan fingerprint density at radius 2 is 2.23 bits per heavy atom. The van der Waals surface area contributed by atoms with E-state index in [1.54, 1.807) is 6.92 Å². The number of morpholine rings is 1. The molecule has 0 radical (unpaired) electrons. The monoisotopic (exact) mass is 321 g/mol. The fraction of sp³-hybridized carbons (Fsp3) is 0.467. The number of aryl methyl sites for hydroxylation is 1. The van der Waals surface area contributed by atoms with Crippen LogP contribution >= 0.6 is 11.3 Å². The summed E-state index contributed by atoms with van der Waals surface area (Å²) < 4.78 is 10.4. The third-order valence-corrected chi connectivity index (χ3v) is 4.76. The van der Waals surface area contributed by atoms with Crippen molar-refractivity contribution in [3.8, 4) is 0 Å². The predicted molar refractivity (Wildman–Crippen MR) is 87.8 cm³/mol. The van der Waals surface area contributed by atoms with Crippen LogP contribution in [0.4, 0.5) is 11.5 Å². The number of anilines is 2. The Bertz CT molecular complexity index is 708. The zero-order chi connectivity index (χ0) is 15.7. The smallest absolute Gasteiger partial charge is 0.350 e. The molecule has 7 heteroatoms. The molecule has 2 aromatic heterocycles. The summed E-state index contributed by atoms with van der Waals surface area (Å²) in [7, 11) is 0. The normalized spacial score (nSPS) is 15.3. The van der Waals surface area contributed by atoms with Gasteiger partial charge < -0.3 is 20.1 Å². The number of nitrogens with zero attached hydrogens (tertiary/aromatic N) is 2. The number of nitrogen functional groups attached to an aromatic ring is 1. The van der Waals surface area contributed by atoms with Crippen LogP contribution in [0.5, 0.6) is 0 Å². The molecule has 2 N–H and O–H groups in total.